The second-order valence-corrected chi connectivity index (χ2v) is 9.72. The zero-order chi connectivity index (χ0) is 24.6. The van der Waals surface area contributed by atoms with Crippen LogP contribution in [0, 0.1) is 0 Å². The molecule has 2 heterocycles. The smallest absolute Gasteiger partial charge is 0.215 e. The molecule has 0 spiro atoms. The molecule has 3 rings (SSSR count). The quantitative estimate of drug-likeness (QED) is 0.184. The van der Waals surface area contributed by atoms with E-state index in [1.807, 2.05) is 13.0 Å². The topological polar surface area (TPSA) is 214 Å². The minimum atomic E-state index is -1.72. The molecule has 1 saturated carbocycles. The fourth-order valence-corrected chi connectivity index (χ4v) is 4.74. The minimum Gasteiger partial charge on any atom is -0.467 e. The molecule has 0 aromatic carbocycles. The number of aliphatic hydroxyl groups excluding tert-OH is 1. The summed E-state index contributed by atoms with van der Waals surface area (Å²) in [5.74, 6) is 0.562. The average molecular weight is 476 g/mol. The first-order chi connectivity index (χ1) is 15.4. The molecule has 0 bridgehead atoms. The molecule has 0 unspecified atom stereocenters. The zero-order valence-corrected chi connectivity index (χ0v) is 19.6. The molecular weight excluding hydrogens is 434 g/mol. The summed E-state index contributed by atoms with van der Waals surface area (Å²) >= 11 is 0. The lowest BCUT2D eigenvalue weighted by Crippen LogP contribution is -2.72. The highest BCUT2D eigenvalue weighted by molar-refractivity contribution is 5.07. The Labute approximate surface area is 194 Å². The lowest BCUT2D eigenvalue weighted by Gasteiger charge is -2.51. The van der Waals surface area contributed by atoms with E-state index in [1.165, 1.54) is 13.8 Å². The normalized spacial score (nSPS) is 48.8. The maximum atomic E-state index is 11.3. The first-order valence-corrected chi connectivity index (χ1v) is 11.5. The standard InChI is InChI=1S/C21H41N5O7/c1-4-26-13-7-12(24)15(32-17-11(23)6-5-10(8-22)31-17)14(27)16(13)33-19-21(3,29)18(25)20(2,28)9-30-19/h5,11-19,26-29H,4,6-9,22-25H2,1-3H3/t11-,12+,13-,14+,15-,16+,17-,18+,19-,20-,21-/m1/s1. The van der Waals surface area contributed by atoms with E-state index in [-0.39, 0.29) is 19.2 Å². The van der Waals surface area contributed by atoms with Gasteiger partial charge in [-0.3, -0.25) is 0 Å². The number of aliphatic hydroxyl groups is 3. The van der Waals surface area contributed by atoms with Crippen LogP contribution in [0.5, 0.6) is 0 Å². The maximum absolute atomic E-state index is 11.3. The number of hydrogen-bond acceptors (Lipinski definition) is 12. The first kappa shape index (κ1) is 26.7. The van der Waals surface area contributed by atoms with E-state index < -0.39 is 60.2 Å². The van der Waals surface area contributed by atoms with Gasteiger partial charge >= 0.3 is 0 Å². The second kappa shape index (κ2) is 10.4. The molecule has 0 aromatic heterocycles. The molecule has 12 nitrogen and oxygen atoms in total. The van der Waals surface area contributed by atoms with Gasteiger partial charge in [0.15, 0.2) is 6.29 Å². The molecule has 0 amide bonds. The molecule has 2 fully saturated rings. The van der Waals surface area contributed by atoms with Crippen LogP contribution < -0.4 is 28.3 Å². The Balaban J connectivity index is 1.78. The van der Waals surface area contributed by atoms with Crippen molar-refractivity contribution >= 4 is 0 Å². The molecular formula is C21H41N5O7. The van der Waals surface area contributed by atoms with E-state index in [0.29, 0.717) is 25.1 Å². The van der Waals surface area contributed by atoms with Crippen LogP contribution in [0.4, 0.5) is 0 Å². The first-order valence-electron chi connectivity index (χ1n) is 11.5. The third kappa shape index (κ3) is 5.52. The van der Waals surface area contributed by atoms with Crippen molar-refractivity contribution in [3.63, 3.8) is 0 Å². The lowest BCUT2D eigenvalue weighted by molar-refractivity contribution is -0.328. The van der Waals surface area contributed by atoms with Crippen LogP contribution in [0.1, 0.15) is 33.6 Å². The molecule has 192 valence electrons. The van der Waals surface area contributed by atoms with Crippen LogP contribution in [0.3, 0.4) is 0 Å². The average Bonchev–Trinajstić information content (AvgIpc) is 2.75. The third-order valence-corrected chi connectivity index (χ3v) is 6.80. The van der Waals surface area contributed by atoms with E-state index >= 15 is 0 Å². The SMILES string of the molecule is CCN[C@@H]1C[C@H](N)[C@@H](O[C@H]2OC(CN)=CC[C@H]2N)[C@H](O)[C@H]1O[C@H]1OC[C@@](C)(O)[C@H](N)[C@@]1(C)O. The van der Waals surface area contributed by atoms with Crippen molar-refractivity contribution in [1.82, 2.24) is 5.32 Å². The maximum Gasteiger partial charge on any atom is 0.215 e. The molecule has 3 aliphatic rings. The van der Waals surface area contributed by atoms with Gasteiger partial charge in [0, 0.05) is 12.1 Å². The molecule has 12 heteroatoms. The number of hydrogen-bond donors (Lipinski definition) is 8. The minimum absolute atomic E-state index is 0.137. The van der Waals surface area contributed by atoms with E-state index in [4.69, 9.17) is 41.9 Å². The van der Waals surface area contributed by atoms with E-state index in [2.05, 4.69) is 5.32 Å². The van der Waals surface area contributed by atoms with Crippen LogP contribution in [0.25, 0.3) is 0 Å². The number of nitrogens with two attached hydrogens (primary N) is 4. The lowest BCUT2D eigenvalue weighted by atomic mass is 9.80. The van der Waals surface area contributed by atoms with Crippen LogP contribution >= 0.6 is 0 Å². The summed E-state index contributed by atoms with van der Waals surface area (Å²) in [6.45, 7) is 5.52. The van der Waals surface area contributed by atoms with Crippen molar-refractivity contribution in [1.29, 1.82) is 0 Å². The predicted molar refractivity (Wildman–Crippen MR) is 119 cm³/mol. The Morgan fingerprint density at radius 3 is 2.48 bits per heavy atom. The Morgan fingerprint density at radius 1 is 1.15 bits per heavy atom. The number of rotatable bonds is 7. The molecule has 1 saturated heterocycles. The molecule has 0 radical (unpaired) electrons. The third-order valence-electron chi connectivity index (χ3n) is 6.80. The fraction of sp³-hybridized carbons (Fsp3) is 0.905. The summed E-state index contributed by atoms with van der Waals surface area (Å²) < 4.78 is 23.5. The van der Waals surface area contributed by atoms with Crippen molar-refractivity contribution in [2.45, 2.75) is 99.9 Å². The largest absolute Gasteiger partial charge is 0.467 e. The van der Waals surface area contributed by atoms with Crippen LogP contribution in [0.2, 0.25) is 0 Å². The van der Waals surface area contributed by atoms with Crippen molar-refractivity contribution in [3.8, 4) is 0 Å². The van der Waals surface area contributed by atoms with Gasteiger partial charge in [0.05, 0.1) is 25.2 Å². The van der Waals surface area contributed by atoms with Gasteiger partial charge in [-0.2, -0.15) is 0 Å². The summed E-state index contributed by atoms with van der Waals surface area (Å²) in [6.07, 6.45) is -2.17. The van der Waals surface area contributed by atoms with E-state index in [0.717, 1.165) is 0 Å². The highest BCUT2D eigenvalue weighted by Gasteiger charge is 2.55. The van der Waals surface area contributed by atoms with E-state index in [9.17, 15) is 15.3 Å². The van der Waals surface area contributed by atoms with Crippen LogP contribution in [0.15, 0.2) is 11.8 Å². The van der Waals surface area contributed by atoms with Crippen molar-refractivity contribution < 1.29 is 34.3 Å². The Bertz CT molecular complexity index is 694. The van der Waals surface area contributed by atoms with Gasteiger partial charge in [-0.15, -0.1) is 0 Å². The summed E-state index contributed by atoms with van der Waals surface area (Å²) in [4.78, 5) is 0. The predicted octanol–water partition coefficient (Wildman–Crippen LogP) is -3.07. The summed E-state index contributed by atoms with van der Waals surface area (Å²) in [5, 5.41) is 36.0. The van der Waals surface area contributed by atoms with E-state index in [1.54, 1.807) is 0 Å². The molecule has 2 aliphatic heterocycles. The molecule has 0 aromatic rings. The molecule has 12 N–H and O–H groups in total. The van der Waals surface area contributed by atoms with Gasteiger partial charge in [-0.1, -0.05) is 6.92 Å². The van der Waals surface area contributed by atoms with Crippen LogP contribution in [-0.4, -0.2) is 101 Å². The highest BCUT2D eigenvalue weighted by Crippen LogP contribution is 2.35. The van der Waals surface area contributed by atoms with Gasteiger partial charge in [0.25, 0.3) is 0 Å². The van der Waals surface area contributed by atoms with Crippen LogP contribution in [-0.2, 0) is 18.9 Å². The highest BCUT2D eigenvalue weighted by atomic mass is 16.7. The number of ether oxygens (including phenoxy) is 4. The van der Waals surface area contributed by atoms with Gasteiger partial charge in [-0.25, -0.2) is 0 Å². The van der Waals surface area contributed by atoms with Crippen molar-refractivity contribution in [2.75, 3.05) is 19.7 Å². The Morgan fingerprint density at radius 2 is 1.85 bits per heavy atom. The van der Waals surface area contributed by atoms with Crippen molar-refractivity contribution in [2.24, 2.45) is 22.9 Å². The molecule has 11 atom stereocenters. The van der Waals surface area contributed by atoms with Crippen molar-refractivity contribution in [3.05, 3.63) is 11.8 Å². The van der Waals surface area contributed by atoms with Gasteiger partial charge < -0.3 is 62.5 Å². The zero-order valence-electron chi connectivity index (χ0n) is 19.6. The number of nitrogens with one attached hydrogen (secondary N) is 1. The Kier molecular flexibility index (Phi) is 8.40. The molecule has 1 aliphatic carbocycles. The number of likely N-dealkylation sites (N-methyl/N-ethyl adjacent to an activating group) is 1. The fourth-order valence-electron chi connectivity index (χ4n) is 4.74. The Hall–Kier alpha value is -0.900. The summed E-state index contributed by atoms with van der Waals surface area (Å²) in [5.41, 5.74) is 21.1. The van der Waals surface area contributed by atoms with Gasteiger partial charge in [-0.05, 0) is 39.3 Å². The summed E-state index contributed by atoms with van der Waals surface area (Å²) in [7, 11) is 0. The molecule has 33 heavy (non-hydrogen) atoms. The second-order valence-electron chi connectivity index (χ2n) is 9.72. The summed E-state index contributed by atoms with van der Waals surface area (Å²) in [6, 6.07) is -2.37. The monoisotopic (exact) mass is 475 g/mol. The van der Waals surface area contributed by atoms with Gasteiger partial charge in [0.2, 0.25) is 6.29 Å². The van der Waals surface area contributed by atoms with Gasteiger partial charge in [0.1, 0.15) is 35.3 Å².